The summed E-state index contributed by atoms with van der Waals surface area (Å²) in [5, 5.41) is 12.4. The highest BCUT2D eigenvalue weighted by Crippen LogP contribution is 2.28. The molecule has 2 aromatic rings. The zero-order valence-corrected chi connectivity index (χ0v) is 11.8. The third-order valence-electron chi connectivity index (χ3n) is 3.27. The van der Waals surface area contributed by atoms with Crippen LogP contribution in [0.15, 0.2) is 42.5 Å². The van der Waals surface area contributed by atoms with Gasteiger partial charge in [-0.25, -0.2) is 0 Å². The van der Waals surface area contributed by atoms with Crippen molar-refractivity contribution in [3.63, 3.8) is 0 Å². The van der Waals surface area contributed by atoms with Crippen molar-refractivity contribution in [2.24, 2.45) is 0 Å². The van der Waals surface area contributed by atoms with Crippen LogP contribution in [-0.4, -0.2) is 7.11 Å². The molecule has 0 atom stereocenters. The Kier molecular flexibility index (Phi) is 4.62. The van der Waals surface area contributed by atoms with Crippen molar-refractivity contribution in [3.05, 3.63) is 59.2 Å². The number of hydrogen-bond acceptors (Lipinski definition) is 3. The topological polar surface area (TPSA) is 45.0 Å². The van der Waals surface area contributed by atoms with Gasteiger partial charge in [-0.15, -0.1) is 0 Å². The molecule has 0 aromatic heterocycles. The maximum Gasteiger partial charge on any atom is 0.143 e. The van der Waals surface area contributed by atoms with E-state index >= 15 is 0 Å². The van der Waals surface area contributed by atoms with E-state index in [1.165, 1.54) is 11.1 Å². The highest BCUT2D eigenvalue weighted by atomic mass is 16.5. The molecule has 2 rings (SSSR count). The SMILES string of the molecule is CCc1ccc(CNc2c(C#N)cccc2OC)cc1. The summed E-state index contributed by atoms with van der Waals surface area (Å²) in [4.78, 5) is 0. The predicted octanol–water partition coefficient (Wildman–Crippen LogP) is 3.74. The zero-order chi connectivity index (χ0) is 14.4. The second kappa shape index (κ2) is 6.63. The number of nitrogens with zero attached hydrogens (tertiary/aromatic N) is 1. The molecule has 0 aliphatic rings. The summed E-state index contributed by atoms with van der Waals surface area (Å²) in [6, 6.07) is 16.1. The Morgan fingerprint density at radius 3 is 2.40 bits per heavy atom. The van der Waals surface area contributed by atoms with Gasteiger partial charge in [-0.05, 0) is 29.7 Å². The van der Waals surface area contributed by atoms with Crippen molar-refractivity contribution in [3.8, 4) is 11.8 Å². The third kappa shape index (κ3) is 3.10. The Morgan fingerprint density at radius 2 is 1.80 bits per heavy atom. The number of para-hydroxylation sites is 1. The summed E-state index contributed by atoms with van der Waals surface area (Å²) >= 11 is 0. The van der Waals surface area contributed by atoms with Gasteiger partial charge in [0, 0.05) is 6.54 Å². The van der Waals surface area contributed by atoms with Crippen molar-refractivity contribution >= 4 is 5.69 Å². The van der Waals surface area contributed by atoms with E-state index in [0.717, 1.165) is 12.1 Å². The largest absolute Gasteiger partial charge is 0.495 e. The van der Waals surface area contributed by atoms with Gasteiger partial charge in [-0.2, -0.15) is 5.26 Å². The summed E-state index contributed by atoms with van der Waals surface area (Å²) in [6.07, 6.45) is 1.04. The number of hydrogen-bond donors (Lipinski definition) is 1. The first kappa shape index (κ1) is 14.0. The molecule has 3 nitrogen and oxygen atoms in total. The van der Waals surface area contributed by atoms with Crippen molar-refractivity contribution < 1.29 is 4.74 Å². The molecule has 0 spiro atoms. The molecule has 0 aliphatic heterocycles. The third-order valence-corrected chi connectivity index (χ3v) is 3.27. The van der Waals surface area contributed by atoms with E-state index in [-0.39, 0.29) is 0 Å². The molecule has 0 fully saturated rings. The van der Waals surface area contributed by atoms with Crippen LogP contribution in [0.1, 0.15) is 23.6 Å². The van der Waals surface area contributed by atoms with Gasteiger partial charge >= 0.3 is 0 Å². The van der Waals surface area contributed by atoms with Crippen molar-refractivity contribution in [1.29, 1.82) is 5.26 Å². The Labute approximate surface area is 119 Å². The van der Waals surface area contributed by atoms with Gasteiger partial charge in [0.05, 0.1) is 18.4 Å². The smallest absolute Gasteiger partial charge is 0.143 e. The molecular formula is C17H18N2O. The summed E-state index contributed by atoms with van der Waals surface area (Å²) in [5.74, 6) is 0.689. The lowest BCUT2D eigenvalue weighted by molar-refractivity contribution is 0.416. The number of rotatable bonds is 5. The van der Waals surface area contributed by atoms with Crippen LogP contribution in [0.2, 0.25) is 0 Å². The van der Waals surface area contributed by atoms with Gasteiger partial charge in [-0.1, -0.05) is 37.3 Å². The molecule has 0 saturated carbocycles. The summed E-state index contributed by atoms with van der Waals surface area (Å²) in [6.45, 7) is 2.81. The number of benzene rings is 2. The average Bonchev–Trinajstić information content (AvgIpc) is 2.52. The Balaban J connectivity index is 2.15. The normalized spacial score (nSPS) is 9.85. The minimum absolute atomic E-state index is 0.592. The zero-order valence-electron chi connectivity index (χ0n) is 11.8. The minimum atomic E-state index is 0.592. The van der Waals surface area contributed by atoms with Crippen LogP contribution in [0.4, 0.5) is 5.69 Å². The first-order valence-corrected chi connectivity index (χ1v) is 6.67. The molecule has 2 aromatic carbocycles. The minimum Gasteiger partial charge on any atom is -0.495 e. The van der Waals surface area contributed by atoms with E-state index in [0.29, 0.717) is 17.9 Å². The van der Waals surface area contributed by atoms with E-state index in [1.54, 1.807) is 13.2 Å². The lowest BCUT2D eigenvalue weighted by Crippen LogP contribution is -2.03. The standard InChI is InChI=1S/C17H18N2O/c1-3-13-7-9-14(10-8-13)12-19-17-15(11-18)5-4-6-16(17)20-2/h4-10,19H,3,12H2,1-2H3. The molecule has 0 radical (unpaired) electrons. The van der Waals surface area contributed by atoms with Crippen LogP contribution in [0, 0.1) is 11.3 Å². The fourth-order valence-corrected chi connectivity index (χ4v) is 2.06. The van der Waals surface area contributed by atoms with Crippen molar-refractivity contribution in [2.45, 2.75) is 19.9 Å². The quantitative estimate of drug-likeness (QED) is 0.896. The highest BCUT2D eigenvalue weighted by molar-refractivity contribution is 5.66. The number of anilines is 1. The molecule has 0 aliphatic carbocycles. The molecule has 0 heterocycles. The maximum absolute atomic E-state index is 9.16. The predicted molar refractivity (Wildman–Crippen MR) is 80.9 cm³/mol. The maximum atomic E-state index is 9.16. The van der Waals surface area contributed by atoms with Gasteiger partial charge in [0.25, 0.3) is 0 Å². The van der Waals surface area contributed by atoms with E-state index < -0.39 is 0 Å². The van der Waals surface area contributed by atoms with Gasteiger partial charge in [0.15, 0.2) is 0 Å². The molecular weight excluding hydrogens is 248 g/mol. The average molecular weight is 266 g/mol. The van der Waals surface area contributed by atoms with Crippen LogP contribution in [0.5, 0.6) is 5.75 Å². The van der Waals surface area contributed by atoms with Crippen molar-refractivity contribution in [2.75, 3.05) is 12.4 Å². The van der Waals surface area contributed by atoms with Crippen LogP contribution in [0.25, 0.3) is 0 Å². The molecule has 20 heavy (non-hydrogen) atoms. The summed E-state index contributed by atoms with van der Waals surface area (Å²) < 4.78 is 5.30. The fraction of sp³-hybridized carbons (Fsp3) is 0.235. The van der Waals surface area contributed by atoms with E-state index in [1.807, 2.05) is 12.1 Å². The first-order valence-electron chi connectivity index (χ1n) is 6.67. The number of nitriles is 1. The number of ether oxygens (including phenoxy) is 1. The molecule has 0 unspecified atom stereocenters. The van der Waals surface area contributed by atoms with Crippen LogP contribution >= 0.6 is 0 Å². The molecule has 102 valence electrons. The number of nitrogens with one attached hydrogen (secondary N) is 1. The second-order valence-electron chi connectivity index (χ2n) is 4.52. The fourth-order valence-electron chi connectivity index (χ4n) is 2.06. The lowest BCUT2D eigenvalue weighted by atomic mass is 10.1. The molecule has 1 N–H and O–H groups in total. The highest BCUT2D eigenvalue weighted by Gasteiger charge is 2.08. The monoisotopic (exact) mass is 266 g/mol. The Hall–Kier alpha value is -2.47. The second-order valence-corrected chi connectivity index (χ2v) is 4.52. The van der Waals surface area contributed by atoms with Crippen LogP contribution in [-0.2, 0) is 13.0 Å². The number of methoxy groups -OCH3 is 1. The van der Waals surface area contributed by atoms with Gasteiger partial charge in [0.2, 0.25) is 0 Å². The molecule has 0 amide bonds. The van der Waals surface area contributed by atoms with E-state index in [4.69, 9.17) is 10.00 Å². The van der Waals surface area contributed by atoms with Gasteiger partial charge < -0.3 is 10.1 Å². The van der Waals surface area contributed by atoms with Crippen LogP contribution < -0.4 is 10.1 Å². The lowest BCUT2D eigenvalue weighted by Gasteiger charge is -2.12. The van der Waals surface area contributed by atoms with Crippen LogP contribution in [0.3, 0.4) is 0 Å². The van der Waals surface area contributed by atoms with E-state index in [2.05, 4.69) is 42.6 Å². The Bertz CT molecular complexity index is 612. The molecule has 0 bridgehead atoms. The number of aryl methyl sites for hydroxylation is 1. The van der Waals surface area contributed by atoms with Gasteiger partial charge in [-0.3, -0.25) is 0 Å². The van der Waals surface area contributed by atoms with Crippen molar-refractivity contribution in [1.82, 2.24) is 0 Å². The summed E-state index contributed by atoms with van der Waals surface area (Å²) in [7, 11) is 1.61. The molecule has 0 saturated heterocycles. The summed E-state index contributed by atoms with van der Waals surface area (Å²) in [5.41, 5.74) is 3.84. The Morgan fingerprint density at radius 1 is 1.10 bits per heavy atom. The van der Waals surface area contributed by atoms with E-state index in [9.17, 15) is 0 Å². The molecule has 3 heteroatoms. The van der Waals surface area contributed by atoms with Gasteiger partial charge in [0.1, 0.15) is 11.8 Å². The first-order chi connectivity index (χ1) is 9.78.